The minimum Gasteiger partial charge on any atom is -0.506 e. The number of rotatable bonds is 2. The minimum absolute atomic E-state index is 0.0940. The van der Waals surface area contributed by atoms with Crippen molar-refractivity contribution in [2.75, 3.05) is 0 Å². The van der Waals surface area contributed by atoms with Crippen LogP contribution in [-0.4, -0.2) is 15.1 Å². The lowest BCUT2D eigenvalue weighted by Crippen LogP contribution is -2.16. The zero-order chi connectivity index (χ0) is 16.8. The number of allylic oxidation sites excluding steroid dienone is 1. The Bertz CT molecular complexity index is 1050. The number of carbonyl (C=O) groups is 1. The second kappa shape index (κ2) is 5.58. The molecule has 1 N–H and O–H groups in total. The number of aliphatic hydroxyl groups excluding tert-OH is 1. The van der Waals surface area contributed by atoms with Gasteiger partial charge in [-0.2, -0.15) is 0 Å². The molecule has 0 saturated carbocycles. The van der Waals surface area contributed by atoms with Crippen molar-refractivity contribution in [2.24, 2.45) is 0 Å². The second-order valence-corrected chi connectivity index (χ2v) is 7.29. The number of hydrogen-bond acceptors (Lipinski definition) is 3. The van der Waals surface area contributed by atoms with E-state index in [9.17, 15) is 14.1 Å². The van der Waals surface area contributed by atoms with E-state index in [1.54, 1.807) is 48.5 Å². The average Bonchev–Trinajstić information content (AvgIpc) is 2.60. The Morgan fingerprint density at radius 2 is 1.50 bits per heavy atom. The molecule has 1 aliphatic carbocycles. The van der Waals surface area contributed by atoms with Crippen LogP contribution < -0.4 is 0 Å². The van der Waals surface area contributed by atoms with Gasteiger partial charge in [-0.05, 0) is 29.7 Å². The fourth-order valence-electron chi connectivity index (χ4n) is 2.93. The molecular formula is C19H11ClO3S. The molecule has 0 heterocycles. The summed E-state index contributed by atoms with van der Waals surface area (Å²) in [7, 11) is -1.79. The molecule has 0 unspecified atom stereocenters. The monoisotopic (exact) mass is 354 g/mol. The van der Waals surface area contributed by atoms with E-state index in [2.05, 4.69) is 0 Å². The van der Waals surface area contributed by atoms with Crippen molar-refractivity contribution in [3.8, 4) is 0 Å². The molecule has 3 aromatic rings. The summed E-state index contributed by atoms with van der Waals surface area (Å²) in [6.07, 6.45) is 0. The highest BCUT2D eigenvalue weighted by atomic mass is 35.5. The molecule has 0 bridgehead atoms. The van der Waals surface area contributed by atoms with Gasteiger partial charge in [0.1, 0.15) is 10.7 Å². The maximum atomic E-state index is 12.9. The van der Waals surface area contributed by atoms with Gasteiger partial charge in [0, 0.05) is 26.4 Å². The summed E-state index contributed by atoms with van der Waals surface area (Å²) in [6.45, 7) is 0. The highest BCUT2D eigenvalue weighted by Gasteiger charge is 2.31. The van der Waals surface area contributed by atoms with Crippen LogP contribution in [0.1, 0.15) is 15.9 Å². The molecule has 3 nitrogen and oxygen atoms in total. The first kappa shape index (κ1) is 15.1. The molecule has 3 aromatic carbocycles. The third-order valence-corrected chi connectivity index (χ3v) is 5.74. The van der Waals surface area contributed by atoms with E-state index in [-0.39, 0.29) is 10.7 Å². The standard InChI is InChI=1S/C19H11ClO3S/c20-12-7-9-13(10-8-12)24(23)19-17(21)14-5-1-3-11-4-2-6-15(16(11)14)18(19)22/h1-10,21H/t24-/m1/s1. The van der Waals surface area contributed by atoms with Gasteiger partial charge in [-0.25, -0.2) is 4.21 Å². The lowest BCUT2D eigenvalue weighted by Gasteiger charge is -2.19. The summed E-state index contributed by atoms with van der Waals surface area (Å²) in [5.41, 5.74) is 0.984. The van der Waals surface area contributed by atoms with Crippen LogP contribution in [0.5, 0.6) is 0 Å². The van der Waals surface area contributed by atoms with Crippen molar-refractivity contribution in [1.82, 2.24) is 0 Å². The summed E-state index contributed by atoms with van der Waals surface area (Å²) in [5, 5.41) is 12.7. The fraction of sp³-hybridized carbons (Fsp3) is 0. The number of ketones is 1. The fourth-order valence-corrected chi connectivity index (χ4v) is 4.24. The Hall–Kier alpha value is -2.43. The van der Waals surface area contributed by atoms with Gasteiger partial charge in [-0.1, -0.05) is 48.0 Å². The summed E-state index contributed by atoms with van der Waals surface area (Å²) in [6, 6.07) is 17.2. The Balaban J connectivity index is 1.96. The van der Waals surface area contributed by atoms with Crippen molar-refractivity contribution >= 4 is 44.7 Å². The Labute approximate surface area is 145 Å². The predicted molar refractivity (Wildman–Crippen MR) is 95.7 cm³/mol. The normalized spacial score (nSPS) is 15.0. The number of halogens is 1. The van der Waals surface area contributed by atoms with Crippen LogP contribution in [0.25, 0.3) is 16.5 Å². The molecule has 5 heteroatoms. The van der Waals surface area contributed by atoms with Gasteiger partial charge in [0.2, 0.25) is 5.78 Å². The van der Waals surface area contributed by atoms with Gasteiger partial charge in [0.15, 0.2) is 0 Å². The first-order valence-electron chi connectivity index (χ1n) is 7.25. The van der Waals surface area contributed by atoms with Crippen molar-refractivity contribution in [2.45, 2.75) is 4.90 Å². The SMILES string of the molecule is O=C1C([S@](=O)c2ccc(Cl)cc2)=C(O)c2cccc3cccc1c23. The van der Waals surface area contributed by atoms with Crippen LogP contribution in [0.2, 0.25) is 5.02 Å². The summed E-state index contributed by atoms with van der Waals surface area (Å²) in [4.78, 5) is 13.2. The van der Waals surface area contributed by atoms with Crippen LogP contribution in [0.3, 0.4) is 0 Å². The minimum atomic E-state index is -1.79. The van der Waals surface area contributed by atoms with E-state index >= 15 is 0 Å². The lowest BCUT2D eigenvalue weighted by molar-refractivity contribution is 0.104. The quantitative estimate of drug-likeness (QED) is 0.724. The summed E-state index contributed by atoms with van der Waals surface area (Å²) >= 11 is 5.85. The smallest absolute Gasteiger partial charge is 0.206 e. The van der Waals surface area contributed by atoms with E-state index in [0.717, 1.165) is 5.39 Å². The zero-order valence-corrected chi connectivity index (χ0v) is 13.9. The van der Waals surface area contributed by atoms with Crippen LogP contribution in [0.4, 0.5) is 0 Å². The van der Waals surface area contributed by atoms with E-state index < -0.39 is 16.6 Å². The van der Waals surface area contributed by atoms with Crippen molar-refractivity contribution in [1.29, 1.82) is 0 Å². The van der Waals surface area contributed by atoms with Crippen LogP contribution in [0.15, 0.2) is 70.5 Å². The topological polar surface area (TPSA) is 54.4 Å². The van der Waals surface area contributed by atoms with E-state index in [4.69, 9.17) is 11.6 Å². The molecular weight excluding hydrogens is 344 g/mol. The molecule has 4 rings (SSSR count). The van der Waals surface area contributed by atoms with Crippen molar-refractivity contribution in [3.63, 3.8) is 0 Å². The molecule has 0 amide bonds. The maximum absolute atomic E-state index is 12.9. The molecule has 118 valence electrons. The summed E-state index contributed by atoms with van der Waals surface area (Å²) < 4.78 is 12.9. The first-order chi connectivity index (χ1) is 11.6. The van der Waals surface area contributed by atoms with Crippen LogP contribution >= 0.6 is 11.6 Å². The number of Topliss-reactive ketones (excluding diaryl/α,β-unsaturated/α-hetero) is 1. The molecule has 1 atom stereocenters. The Kier molecular flexibility index (Phi) is 3.52. The van der Waals surface area contributed by atoms with Crippen LogP contribution in [-0.2, 0) is 10.8 Å². The molecule has 0 spiro atoms. The second-order valence-electron chi connectivity index (χ2n) is 5.44. The third kappa shape index (κ3) is 2.19. The Morgan fingerprint density at radius 3 is 2.17 bits per heavy atom. The summed E-state index contributed by atoms with van der Waals surface area (Å²) in [5.74, 6) is -0.636. The van der Waals surface area contributed by atoms with Gasteiger partial charge in [-0.3, -0.25) is 4.79 Å². The zero-order valence-electron chi connectivity index (χ0n) is 12.3. The van der Waals surface area contributed by atoms with Crippen LogP contribution in [0, 0.1) is 0 Å². The largest absolute Gasteiger partial charge is 0.506 e. The van der Waals surface area contributed by atoms with Gasteiger partial charge < -0.3 is 5.11 Å². The van der Waals surface area contributed by atoms with E-state index in [1.165, 1.54) is 0 Å². The predicted octanol–water partition coefficient (Wildman–Crippen LogP) is 4.72. The molecule has 0 saturated heterocycles. The highest BCUT2D eigenvalue weighted by Crippen LogP contribution is 2.37. The number of benzene rings is 3. The van der Waals surface area contributed by atoms with E-state index in [1.807, 2.05) is 12.1 Å². The number of hydrogen-bond donors (Lipinski definition) is 1. The average molecular weight is 355 g/mol. The molecule has 0 fully saturated rings. The number of aliphatic hydroxyl groups is 1. The maximum Gasteiger partial charge on any atom is 0.206 e. The van der Waals surface area contributed by atoms with E-state index in [0.29, 0.717) is 26.4 Å². The molecule has 0 radical (unpaired) electrons. The first-order valence-corrected chi connectivity index (χ1v) is 8.78. The molecule has 0 aromatic heterocycles. The molecule has 0 aliphatic heterocycles. The Morgan fingerprint density at radius 1 is 0.875 bits per heavy atom. The van der Waals surface area contributed by atoms with Gasteiger partial charge >= 0.3 is 0 Å². The van der Waals surface area contributed by atoms with Gasteiger partial charge in [0.25, 0.3) is 0 Å². The molecule has 1 aliphatic rings. The van der Waals surface area contributed by atoms with Gasteiger partial charge in [-0.15, -0.1) is 0 Å². The van der Waals surface area contributed by atoms with Gasteiger partial charge in [0.05, 0.1) is 10.8 Å². The lowest BCUT2D eigenvalue weighted by atomic mass is 9.91. The third-order valence-electron chi connectivity index (χ3n) is 4.04. The highest BCUT2D eigenvalue weighted by molar-refractivity contribution is 7.90. The van der Waals surface area contributed by atoms with Crippen molar-refractivity contribution < 1.29 is 14.1 Å². The molecule has 24 heavy (non-hydrogen) atoms. The van der Waals surface area contributed by atoms with Crippen molar-refractivity contribution in [3.05, 3.63) is 81.7 Å². The number of carbonyl (C=O) groups excluding carboxylic acids is 1.